The van der Waals surface area contributed by atoms with Crippen molar-refractivity contribution in [2.45, 2.75) is 0 Å². The van der Waals surface area contributed by atoms with Gasteiger partial charge in [-0.15, -0.1) is 0 Å². The zero-order chi connectivity index (χ0) is 53.6. The Hall–Kier alpha value is -10.8. The van der Waals surface area contributed by atoms with Crippen LogP contribution in [0.3, 0.4) is 0 Å². The van der Waals surface area contributed by atoms with Gasteiger partial charge in [0.15, 0.2) is 0 Å². The number of aromatic nitrogens is 2. The highest BCUT2D eigenvalue weighted by atomic mass is 14.7. The van der Waals surface area contributed by atoms with Gasteiger partial charge < -0.3 is 0 Å². The first kappa shape index (κ1) is 45.1. The molecule has 376 valence electrons. The smallest absolute Gasteiger partial charge is 0.0787 e. The lowest BCUT2D eigenvalue weighted by Crippen LogP contribution is -1.92. The maximum atomic E-state index is 5.11. The molecule has 0 N–H and O–H groups in total. The number of nitrogens with zero attached hydrogens (tertiary/aromatic N) is 2. The molecule has 18 rings (SSSR count). The molecule has 16 aromatic rings. The van der Waals surface area contributed by atoms with Gasteiger partial charge in [0.05, 0.1) is 11.4 Å². The predicted octanol–water partition coefficient (Wildman–Crippen LogP) is 21.8. The molecule has 2 aliphatic rings. The first-order valence-electron chi connectivity index (χ1n) is 28.4. The zero-order valence-corrected chi connectivity index (χ0v) is 44.5. The van der Waals surface area contributed by atoms with Crippen LogP contribution in [0.4, 0.5) is 0 Å². The van der Waals surface area contributed by atoms with Gasteiger partial charge in [0.25, 0.3) is 0 Å². The van der Waals surface area contributed by atoms with E-state index in [1.165, 1.54) is 176 Å². The topological polar surface area (TPSA) is 25.8 Å². The number of hydrogen-bond donors (Lipinski definition) is 0. The fourth-order valence-electron chi connectivity index (χ4n) is 14.4. The molecule has 2 aliphatic carbocycles. The third kappa shape index (κ3) is 6.46. The number of pyridine rings is 2. The molecule has 0 spiro atoms. The Kier molecular flexibility index (Phi) is 9.54. The third-order valence-corrected chi connectivity index (χ3v) is 18.0. The average molecular weight is 1040 g/mol. The van der Waals surface area contributed by atoms with Crippen LogP contribution in [-0.2, 0) is 0 Å². The van der Waals surface area contributed by atoms with Gasteiger partial charge in [0.1, 0.15) is 0 Å². The van der Waals surface area contributed by atoms with Crippen molar-refractivity contribution < 1.29 is 0 Å². The van der Waals surface area contributed by atoms with Crippen molar-refractivity contribution in [2.75, 3.05) is 0 Å². The molecule has 82 heavy (non-hydrogen) atoms. The van der Waals surface area contributed by atoms with E-state index < -0.39 is 0 Å². The maximum Gasteiger partial charge on any atom is 0.0787 e. The van der Waals surface area contributed by atoms with E-state index in [-0.39, 0.29) is 0 Å². The minimum Gasteiger partial charge on any atom is -0.256 e. The summed E-state index contributed by atoms with van der Waals surface area (Å²) in [5, 5.41) is 17.3. The largest absolute Gasteiger partial charge is 0.256 e. The van der Waals surface area contributed by atoms with Crippen LogP contribution in [0.15, 0.2) is 279 Å². The van der Waals surface area contributed by atoms with Crippen molar-refractivity contribution in [1.82, 2.24) is 9.97 Å². The van der Waals surface area contributed by atoms with Crippen LogP contribution in [0.25, 0.3) is 187 Å². The van der Waals surface area contributed by atoms with Crippen LogP contribution >= 0.6 is 0 Å². The molecular weight excluding hydrogens is 989 g/mol. The highest BCUT2D eigenvalue weighted by Crippen LogP contribution is 2.56. The lowest BCUT2D eigenvalue weighted by Gasteiger charge is -2.19. The van der Waals surface area contributed by atoms with Crippen LogP contribution in [-0.4, -0.2) is 9.97 Å². The summed E-state index contributed by atoms with van der Waals surface area (Å²) in [6.07, 6.45) is 3.89. The first-order chi connectivity index (χ1) is 40.7. The molecule has 0 saturated heterocycles. The summed E-state index contributed by atoms with van der Waals surface area (Å²) in [5.41, 5.74) is 23.8. The standard InChI is InChI=1S/C80H46N2/c1-5-17-47(18-6-1)51-31-33-59-65(41-51)67(43-71-61-37-35-53(49-21-9-3-10-22-49)75-63-29-15-39-81-79(63)73(77(61)75)45-69(59)71)57-27-13-26-56-55(57)25-14-28-58(56)68-44-72-62-38-36-54(50-23-11-4-12-24-50)76-64-30-16-40-82-80(64)74(78(62)76)46-70(72)60-34-32-52(42-66(60)68)48-19-7-2-8-20-48/h1-46H. The normalized spacial score (nSPS) is 12.1. The Morgan fingerprint density at radius 3 is 0.963 bits per heavy atom. The summed E-state index contributed by atoms with van der Waals surface area (Å²) in [7, 11) is 0. The molecule has 2 heterocycles. The van der Waals surface area contributed by atoms with E-state index in [4.69, 9.17) is 9.97 Å². The SMILES string of the molecule is c1ccc(-c2ccc3c(c2)c(-c2cccc4c(-c5cc6c7ccc(-c8ccccc8)c8c7c(cc6c6ccc(-c7ccccc7)cc56)-c5ncccc5-8)cccc24)cc2c4ccc(-c5ccccc5)c5c4c(cc32)-c2ncccc2-5)cc1. The summed E-state index contributed by atoms with van der Waals surface area (Å²) in [6, 6.07) is 99.5. The van der Waals surface area contributed by atoms with Crippen molar-refractivity contribution in [2.24, 2.45) is 0 Å². The summed E-state index contributed by atoms with van der Waals surface area (Å²) in [4.78, 5) is 10.2. The Labute approximate surface area is 473 Å². The first-order valence-corrected chi connectivity index (χ1v) is 28.4. The molecule has 0 amide bonds. The van der Waals surface area contributed by atoms with Gasteiger partial charge in [-0.25, -0.2) is 0 Å². The highest BCUT2D eigenvalue weighted by Gasteiger charge is 2.30. The second kappa shape index (κ2) is 17.3. The summed E-state index contributed by atoms with van der Waals surface area (Å²) in [6.45, 7) is 0. The molecule has 2 nitrogen and oxygen atoms in total. The summed E-state index contributed by atoms with van der Waals surface area (Å²) in [5.74, 6) is 0. The van der Waals surface area contributed by atoms with Crippen LogP contribution in [0.1, 0.15) is 0 Å². The van der Waals surface area contributed by atoms with Crippen molar-refractivity contribution in [3.8, 4) is 112 Å². The molecule has 2 aromatic heterocycles. The lowest BCUT2D eigenvalue weighted by atomic mass is 9.84. The molecule has 14 aromatic carbocycles. The van der Waals surface area contributed by atoms with Gasteiger partial charge in [0, 0.05) is 56.5 Å². The van der Waals surface area contributed by atoms with Gasteiger partial charge in [0.2, 0.25) is 0 Å². The number of hydrogen-bond acceptors (Lipinski definition) is 2. The Balaban J connectivity index is 0.923. The van der Waals surface area contributed by atoms with Gasteiger partial charge in [-0.3, -0.25) is 9.97 Å². The zero-order valence-electron chi connectivity index (χ0n) is 44.5. The minimum absolute atomic E-state index is 1.05. The van der Waals surface area contributed by atoms with Crippen LogP contribution in [0, 0.1) is 0 Å². The maximum absolute atomic E-state index is 5.11. The van der Waals surface area contributed by atoms with E-state index in [1.807, 2.05) is 12.4 Å². The fourth-order valence-corrected chi connectivity index (χ4v) is 14.4. The number of fused-ring (bicyclic) bond motifs is 15. The van der Waals surface area contributed by atoms with Crippen LogP contribution in [0.2, 0.25) is 0 Å². The van der Waals surface area contributed by atoms with E-state index in [0.29, 0.717) is 0 Å². The fraction of sp³-hybridized carbons (Fsp3) is 0. The van der Waals surface area contributed by atoms with Gasteiger partial charge in [-0.2, -0.15) is 0 Å². The van der Waals surface area contributed by atoms with Gasteiger partial charge in [-0.05, 0) is 180 Å². The van der Waals surface area contributed by atoms with Crippen LogP contribution in [0.5, 0.6) is 0 Å². The van der Waals surface area contributed by atoms with E-state index in [2.05, 4.69) is 267 Å². The van der Waals surface area contributed by atoms with E-state index in [0.717, 1.165) is 11.4 Å². The molecule has 2 heteroatoms. The Morgan fingerprint density at radius 2 is 0.537 bits per heavy atom. The van der Waals surface area contributed by atoms with Gasteiger partial charge in [-0.1, -0.05) is 218 Å². The minimum atomic E-state index is 1.05. The third-order valence-electron chi connectivity index (χ3n) is 18.0. The van der Waals surface area contributed by atoms with E-state index in [1.54, 1.807) is 0 Å². The molecule has 0 fully saturated rings. The van der Waals surface area contributed by atoms with E-state index in [9.17, 15) is 0 Å². The van der Waals surface area contributed by atoms with Gasteiger partial charge >= 0.3 is 0 Å². The molecule has 0 atom stereocenters. The summed E-state index contributed by atoms with van der Waals surface area (Å²) < 4.78 is 0. The molecular formula is C80H46N2. The molecule has 0 bridgehead atoms. The van der Waals surface area contributed by atoms with Crippen molar-refractivity contribution >= 4 is 75.4 Å². The second-order valence-electron chi connectivity index (χ2n) is 22.2. The highest BCUT2D eigenvalue weighted by molar-refractivity contribution is 6.33. The molecule has 0 saturated carbocycles. The monoisotopic (exact) mass is 1030 g/mol. The molecule has 0 unspecified atom stereocenters. The quantitative estimate of drug-likeness (QED) is 0.155. The van der Waals surface area contributed by atoms with E-state index >= 15 is 0 Å². The average Bonchev–Trinajstić information content (AvgIpc) is 1.87. The van der Waals surface area contributed by atoms with Crippen molar-refractivity contribution in [1.29, 1.82) is 0 Å². The van der Waals surface area contributed by atoms with Crippen LogP contribution < -0.4 is 0 Å². The number of benzene rings is 14. The molecule has 0 aliphatic heterocycles. The Morgan fingerprint density at radius 1 is 0.171 bits per heavy atom. The Bertz CT molecular complexity index is 5070. The summed E-state index contributed by atoms with van der Waals surface area (Å²) >= 11 is 0. The molecule has 0 radical (unpaired) electrons. The van der Waals surface area contributed by atoms with Crippen molar-refractivity contribution in [3.63, 3.8) is 0 Å². The van der Waals surface area contributed by atoms with Crippen molar-refractivity contribution in [3.05, 3.63) is 279 Å². The number of rotatable bonds is 6. The predicted molar refractivity (Wildman–Crippen MR) is 346 cm³/mol. The lowest BCUT2D eigenvalue weighted by molar-refractivity contribution is 1.35. The second-order valence-corrected chi connectivity index (χ2v) is 22.2.